The van der Waals surface area contributed by atoms with Gasteiger partial charge in [-0.2, -0.15) is 0 Å². The minimum atomic E-state index is -4.73. The molecule has 0 aromatic carbocycles. The van der Waals surface area contributed by atoms with E-state index in [9.17, 15) is 22.8 Å². The zero-order valence-electron chi connectivity index (χ0n) is 12.0. The third-order valence-corrected chi connectivity index (χ3v) is 4.11. The highest BCUT2D eigenvalue weighted by Gasteiger charge is 2.51. The maximum Gasteiger partial charge on any atom is 0.522 e. The molecule has 0 aromatic heterocycles. The van der Waals surface area contributed by atoms with Gasteiger partial charge in [-0.1, -0.05) is 6.92 Å². The van der Waals surface area contributed by atoms with E-state index in [4.69, 9.17) is 0 Å². The Balaban J connectivity index is 2.11. The van der Waals surface area contributed by atoms with Crippen LogP contribution in [0.25, 0.3) is 0 Å². The smallest absolute Gasteiger partial charge is 0.340 e. The standard InChI is InChI=1S/C13H19F3N2O3/c1-3-12(2)11(20)18(6-7-21-13(14,15)16)9(8-4-5-8)10(19)17-12/h8-9H,3-7H2,1-2H3,(H,17,19). The molecule has 1 saturated carbocycles. The van der Waals surface area contributed by atoms with Crippen molar-refractivity contribution in [3.05, 3.63) is 0 Å². The molecule has 1 saturated heterocycles. The van der Waals surface area contributed by atoms with E-state index in [0.29, 0.717) is 6.42 Å². The van der Waals surface area contributed by atoms with Crippen LogP contribution in [0.15, 0.2) is 0 Å². The second kappa shape index (κ2) is 5.47. The zero-order chi connectivity index (χ0) is 15.8. The first-order chi connectivity index (χ1) is 9.68. The Hall–Kier alpha value is -1.31. The lowest BCUT2D eigenvalue weighted by atomic mass is 9.90. The Morgan fingerprint density at radius 3 is 2.48 bits per heavy atom. The highest BCUT2D eigenvalue weighted by Crippen LogP contribution is 2.38. The molecule has 2 fully saturated rings. The number of rotatable bonds is 5. The number of hydrogen-bond acceptors (Lipinski definition) is 3. The van der Waals surface area contributed by atoms with Crippen molar-refractivity contribution in [3.8, 4) is 0 Å². The van der Waals surface area contributed by atoms with E-state index in [0.717, 1.165) is 12.8 Å². The van der Waals surface area contributed by atoms with Crippen LogP contribution in [0.4, 0.5) is 13.2 Å². The summed E-state index contributed by atoms with van der Waals surface area (Å²) in [5.41, 5.74) is -1.05. The lowest BCUT2D eigenvalue weighted by Crippen LogP contribution is -2.70. The molecule has 2 rings (SSSR count). The van der Waals surface area contributed by atoms with Crippen molar-refractivity contribution in [2.24, 2.45) is 5.92 Å². The number of carbonyl (C=O) groups excluding carboxylic acids is 2. The van der Waals surface area contributed by atoms with E-state index in [-0.39, 0.29) is 24.3 Å². The van der Waals surface area contributed by atoms with Gasteiger partial charge in [0.1, 0.15) is 11.6 Å². The van der Waals surface area contributed by atoms with E-state index in [2.05, 4.69) is 10.1 Å². The van der Waals surface area contributed by atoms with Crippen LogP contribution in [0.1, 0.15) is 33.1 Å². The maximum absolute atomic E-state index is 12.5. The fraction of sp³-hybridized carbons (Fsp3) is 0.846. The Kier molecular flexibility index (Phi) is 4.19. The minimum Gasteiger partial charge on any atom is -0.340 e. The Morgan fingerprint density at radius 2 is 2.00 bits per heavy atom. The van der Waals surface area contributed by atoms with Crippen molar-refractivity contribution in [2.45, 2.75) is 51.1 Å². The first-order valence-electron chi connectivity index (χ1n) is 7.02. The molecule has 0 aromatic rings. The molecule has 1 aliphatic carbocycles. The molecule has 2 atom stereocenters. The fourth-order valence-corrected chi connectivity index (χ4v) is 2.60. The van der Waals surface area contributed by atoms with Crippen LogP contribution in [0.2, 0.25) is 0 Å². The second-order valence-corrected chi connectivity index (χ2v) is 5.75. The Morgan fingerprint density at radius 1 is 1.38 bits per heavy atom. The van der Waals surface area contributed by atoms with Gasteiger partial charge in [0.05, 0.1) is 6.61 Å². The predicted octanol–water partition coefficient (Wildman–Crippen LogP) is 1.43. The van der Waals surface area contributed by atoms with Crippen molar-refractivity contribution >= 4 is 11.8 Å². The fourth-order valence-electron chi connectivity index (χ4n) is 2.60. The van der Waals surface area contributed by atoms with Gasteiger partial charge in [-0.25, -0.2) is 0 Å². The van der Waals surface area contributed by atoms with Gasteiger partial charge in [0.15, 0.2) is 0 Å². The summed E-state index contributed by atoms with van der Waals surface area (Å²) in [5.74, 6) is -0.582. The second-order valence-electron chi connectivity index (χ2n) is 5.75. The van der Waals surface area contributed by atoms with Gasteiger partial charge in [-0.05, 0) is 32.1 Å². The molecule has 1 N–H and O–H groups in total. The van der Waals surface area contributed by atoms with Crippen LogP contribution < -0.4 is 5.32 Å². The molecule has 2 aliphatic rings. The molecule has 1 aliphatic heterocycles. The summed E-state index contributed by atoms with van der Waals surface area (Å²) in [6, 6.07) is -0.672. The summed E-state index contributed by atoms with van der Waals surface area (Å²) in [7, 11) is 0. The first kappa shape index (κ1) is 16.1. The van der Waals surface area contributed by atoms with Crippen LogP contribution in [-0.2, 0) is 14.3 Å². The first-order valence-corrected chi connectivity index (χ1v) is 7.02. The number of nitrogens with one attached hydrogen (secondary N) is 1. The summed E-state index contributed by atoms with van der Waals surface area (Å²) < 4.78 is 39.9. The van der Waals surface area contributed by atoms with Crippen LogP contribution in [0.3, 0.4) is 0 Å². The van der Waals surface area contributed by atoms with Gasteiger partial charge in [0.2, 0.25) is 11.8 Å². The van der Waals surface area contributed by atoms with Gasteiger partial charge in [0.25, 0.3) is 0 Å². The van der Waals surface area contributed by atoms with Gasteiger partial charge < -0.3 is 10.2 Å². The molecular formula is C13H19F3N2O3. The zero-order valence-corrected chi connectivity index (χ0v) is 12.0. The molecule has 0 radical (unpaired) electrons. The normalized spacial score (nSPS) is 30.5. The number of amides is 2. The maximum atomic E-state index is 12.5. The number of hydrogen-bond donors (Lipinski definition) is 1. The number of piperazine rings is 1. The summed E-state index contributed by atoms with van der Waals surface area (Å²) in [6.07, 6.45) is -2.73. The molecular weight excluding hydrogens is 289 g/mol. The summed E-state index contributed by atoms with van der Waals surface area (Å²) in [6.45, 7) is 2.45. The number of nitrogens with zero attached hydrogens (tertiary/aromatic N) is 1. The summed E-state index contributed by atoms with van der Waals surface area (Å²) in [4.78, 5) is 26.0. The molecule has 21 heavy (non-hydrogen) atoms. The average Bonchev–Trinajstić information content (AvgIpc) is 3.18. The third-order valence-electron chi connectivity index (χ3n) is 4.11. The van der Waals surface area contributed by atoms with Crippen molar-refractivity contribution in [1.82, 2.24) is 10.2 Å². The Bertz CT molecular complexity index is 437. The van der Waals surface area contributed by atoms with Gasteiger partial charge in [0, 0.05) is 6.54 Å². The lowest BCUT2D eigenvalue weighted by Gasteiger charge is -2.44. The molecule has 2 amide bonds. The minimum absolute atomic E-state index is 0.0428. The number of halogens is 3. The van der Waals surface area contributed by atoms with Gasteiger partial charge in [-0.3, -0.25) is 14.3 Å². The SMILES string of the molecule is CCC1(C)NC(=O)C(C2CC2)N(CCOC(F)(F)F)C1=O. The average molecular weight is 308 g/mol. The molecule has 0 bridgehead atoms. The van der Waals surface area contributed by atoms with Crippen molar-refractivity contribution in [2.75, 3.05) is 13.2 Å². The lowest BCUT2D eigenvalue weighted by molar-refractivity contribution is -0.325. The topological polar surface area (TPSA) is 58.6 Å². The van der Waals surface area contributed by atoms with Gasteiger partial charge in [-0.15, -0.1) is 13.2 Å². The van der Waals surface area contributed by atoms with E-state index >= 15 is 0 Å². The third kappa shape index (κ3) is 3.48. The molecule has 5 nitrogen and oxygen atoms in total. The highest BCUT2D eigenvalue weighted by atomic mass is 19.4. The molecule has 8 heteroatoms. The number of alkyl halides is 3. The summed E-state index contributed by atoms with van der Waals surface area (Å²) in [5, 5.41) is 2.71. The van der Waals surface area contributed by atoms with Crippen molar-refractivity contribution in [3.63, 3.8) is 0 Å². The van der Waals surface area contributed by atoms with Crippen LogP contribution in [0.5, 0.6) is 0 Å². The van der Waals surface area contributed by atoms with E-state index in [1.54, 1.807) is 13.8 Å². The highest BCUT2D eigenvalue weighted by molar-refractivity contribution is 5.99. The Labute approximate surface area is 120 Å². The monoisotopic (exact) mass is 308 g/mol. The van der Waals surface area contributed by atoms with Crippen molar-refractivity contribution in [1.29, 1.82) is 0 Å². The molecule has 2 unspecified atom stereocenters. The summed E-state index contributed by atoms with van der Waals surface area (Å²) >= 11 is 0. The van der Waals surface area contributed by atoms with Gasteiger partial charge >= 0.3 is 6.36 Å². The quantitative estimate of drug-likeness (QED) is 0.836. The largest absolute Gasteiger partial charge is 0.522 e. The van der Waals surface area contributed by atoms with E-state index in [1.807, 2.05) is 0 Å². The van der Waals surface area contributed by atoms with Crippen LogP contribution >= 0.6 is 0 Å². The number of carbonyl (C=O) groups is 2. The van der Waals surface area contributed by atoms with E-state index < -0.39 is 24.6 Å². The van der Waals surface area contributed by atoms with E-state index in [1.165, 1.54) is 4.90 Å². The number of ether oxygens (including phenoxy) is 1. The van der Waals surface area contributed by atoms with Crippen LogP contribution in [-0.4, -0.2) is 47.8 Å². The molecule has 0 spiro atoms. The molecule has 120 valence electrons. The predicted molar refractivity (Wildman–Crippen MR) is 67.1 cm³/mol. The molecule has 1 heterocycles. The van der Waals surface area contributed by atoms with Crippen molar-refractivity contribution < 1.29 is 27.5 Å². The van der Waals surface area contributed by atoms with Crippen LogP contribution in [0, 0.1) is 5.92 Å².